The van der Waals surface area contributed by atoms with E-state index < -0.39 is 5.41 Å². The minimum Gasteiger partial charge on any atom is -0.369 e. The third-order valence-corrected chi connectivity index (χ3v) is 2.98. The van der Waals surface area contributed by atoms with Crippen LogP contribution in [0.5, 0.6) is 0 Å². The van der Waals surface area contributed by atoms with Gasteiger partial charge in [-0.1, -0.05) is 23.4 Å². The van der Waals surface area contributed by atoms with E-state index in [0.717, 1.165) is 0 Å². The highest BCUT2D eigenvalue weighted by molar-refractivity contribution is 7.98. The van der Waals surface area contributed by atoms with Gasteiger partial charge in [0.25, 0.3) is 0 Å². The molecular formula is C10H15ClN4OS. The molecule has 0 saturated carbocycles. The second kappa shape index (κ2) is 5.55. The highest BCUT2D eigenvalue weighted by Crippen LogP contribution is 2.19. The van der Waals surface area contributed by atoms with Crippen LogP contribution in [0.2, 0.25) is 5.15 Å². The molecule has 0 aromatic carbocycles. The standard InChI is InChI=1S/C10H15ClN4OS/c1-10(2,8(12)16)5-13-7-4-6(11)14-9(15-7)17-3/h4H,5H2,1-3H3,(H2,12,16)(H,13,14,15). The Labute approximate surface area is 110 Å². The largest absolute Gasteiger partial charge is 0.369 e. The van der Waals surface area contributed by atoms with Crippen molar-refractivity contribution in [3.63, 3.8) is 0 Å². The quantitative estimate of drug-likeness (QED) is 0.486. The van der Waals surface area contributed by atoms with E-state index in [0.29, 0.717) is 22.7 Å². The zero-order chi connectivity index (χ0) is 13.1. The van der Waals surface area contributed by atoms with Crippen molar-refractivity contribution in [1.82, 2.24) is 9.97 Å². The van der Waals surface area contributed by atoms with Gasteiger partial charge >= 0.3 is 0 Å². The summed E-state index contributed by atoms with van der Waals surface area (Å²) < 4.78 is 0. The molecule has 0 aliphatic heterocycles. The fraction of sp³-hybridized carbons (Fsp3) is 0.500. The highest BCUT2D eigenvalue weighted by Gasteiger charge is 2.24. The van der Waals surface area contributed by atoms with Crippen molar-refractivity contribution in [2.24, 2.45) is 11.1 Å². The molecule has 7 heteroatoms. The lowest BCUT2D eigenvalue weighted by atomic mass is 9.93. The molecule has 1 aromatic heterocycles. The van der Waals surface area contributed by atoms with E-state index in [1.807, 2.05) is 6.26 Å². The van der Waals surface area contributed by atoms with Crippen LogP contribution in [0, 0.1) is 5.41 Å². The molecule has 0 fully saturated rings. The van der Waals surface area contributed by atoms with E-state index in [4.69, 9.17) is 17.3 Å². The Hall–Kier alpha value is -1.01. The second-order valence-electron chi connectivity index (χ2n) is 4.16. The Balaban J connectivity index is 2.76. The van der Waals surface area contributed by atoms with Crippen LogP contribution in [-0.2, 0) is 4.79 Å². The minimum absolute atomic E-state index is 0.365. The smallest absolute Gasteiger partial charge is 0.224 e. The molecule has 0 aliphatic rings. The van der Waals surface area contributed by atoms with E-state index in [1.54, 1.807) is 19.9 Å². The molecule has 1 aromatic rings. The Kier molecular flexibility index (Phi) is 4.59. The number of rotatable bonds is 5. The molecule has 17 heavy (non-hydrogen) atoms. The first-order valence-electron chi connectivity index (χ1n) is 4.97. The molecule has 5 nitrogen and oxygen atoms in total. The van der Waals surface area contributed by atoms with Crippen LogP contribution in [0.1, 0.15) is 13.8 Å². The van der Waals surface area contributed by atoms with Crippen LogP contribution < -0.4 is 11.1 Å². The summed E-state index contributed by atoms with van der Waals surface area (Å²) >= 11 is 7.24. The molecule has 1 rings (SSSR count). The van der Waals surface area contributed by atoms with E-state index in [-0.39, 0.29) is 5.91 Å². The predicted molar refractivity (Wildman–Crippen MR) is 70.3 cm³/mol. The van der Waals surface area contributed by atoms with Gasteiger partial charge in [-0.2, -0.15) is 0 Å². The van der Waals surface area contributed by atoms with Gasteiger partial charge in [0.2, 0.25) is 5.91 Å². The van der Waals surface area contributed by atoms with Gasteiger partial charge in [-0.05, 0) is 20.1 Å². The summed E-state index contributed by atoms with van der Waals surface area (Å²) in [5.74, 6) is 0.221. The van der Waals surface area contributed by atoms with E-state index in [1.165, 1.54) is 11.8 Å². The van der Waals surface area contributed by atoms with Gasteiger partial charge in [0.1, 0.15) is 11.0 Å². The van der Waals surface area contributed by atoms with Crippen molar-refractivity contribution < 1.29 is 4.79 Å². The number of hydrogen-bond donors (Lipinski definition) is 2. The van der Waals surface area contributed by atoms with Gasteiger partial charge in [-0.25, -0.2) is 9.97 Å². The van der Waals surface area contributed by atoms with Crippen molar-refractivity contribution in [3.05, 3.63) is 11.2 Å². The highest BCUT2D eigenvalue weighted by atomic mass is 35.5. The third-order valence-electron chi connectivity index (χ3n) is 2.24. The lowest BCUT2D eigenvalue weighted by Crippen LogP contribution is -2.37. The summed E-state index contributed by atoms with van der Waals surface area (Å²) in [6.07, 6.45) is 1.86. The Morgan fingerprint density at radius 3 is 2.76 bits per heavy atom. The third kappa shape index (κ3) is 4.05. The number of carbonyl (C=O) groups is 1. The van der Waals surface area contributed by atoms with E-state index in [9.17, 15) is 4.79 Å². The zero-order valence-corrected chi connectivity index (χ0v) is 11.5. The van der Waals surface area contributed by atoms with Gasteiger partial charge < -0.3 is 11.1 Å². The molecule has 1 heterocycles. The van der Waals surface area contributed by atoms with E-state index in [2.05, 4.69) is 15.3 Å². The molecule has 0 aliphatic carbocycles. The summed E-state index contributed by atoms with van der Waals surface area (Å²) in [6.45, 7) is 3.92. The Morgan fingerprint density at radius 1 is 1.59 bits per heavy atom. The molecule has 0 bridgehead atoms. The summed E-state index contributed by atoms with van der Waals surface area (Å²) in [5.41, 5.74) is 4.64. The molecule has 94 valence electrons. The maximum Gasteiger partial charge on any atom is 0.224 e. The monoisotopic (exact) mass is 274 g/mol. The van der Waals surface area contributed by atoms with Gasteiger partial charge in [-0.3, -0.25) is 4.79 Å². The van der Waals surface area contributed by atoms with Gasteiger partial charge in [-0.15, -0.1) is 0 Å². The van der Waals surface area contributed by atoms with E-state index >= 15 is 0 Å². The first-order chi connectivity index (χ1) is 7.85. The molecule has 1 amide bonds. The summed E-state index contributed by atoms with van der Waals surface area (Å²) in [5, 5.41) is 3.98. The minimum atomic E-state index is -0.642. The fourth-order valence-electron chi connectivity index (χ4n) is 0.977. The first kappa shape index (κ1) is 14.1. The van der Waals surface area contributed by atoms with Crippen LogP contribution >= 0.6 is 23.4 Å². The molecule has 0 radical (unpaired) electrons. The van der Waals surface area contributed by atoms with Crippen LogP contribution in [0.25, 0.3) is 0 Å². The average Bonchev–Trinajstić information content (AvgIpc) is 2.25. The normalized spacial score (nSPS) is 11.3. The first-order valence-corrected chi connectivity index (χ1v) is 6.58. The van der Waals surface area contributed by atoms with Gasteiger partial charge in [0, 0.05) is 12.6 Å². The molecule has 0 spiro atoms. The number of thioether (sulfide) groups is 1. The van der Waals surface area contributed by atoms with Crippen LogP contribution in [-0.4, -0.2) is 28.7 Å². The number of hydrogen-bond acceptors (Lipinski definition) is 5. The molecule has 0 atom stereocenters. The zero-order valence-electron chi connectivity index (χ0n) is 9.95. The number of nitrogens with zero attached hydrogens (tertiary/aromatic N) is 2. The topological polar surface area (TPSA) is 80.9 Å². The lowest BCUT2D eigenvalue weighted by Gasteiger charge is -2.21. The number of carbonyl (C=O) groups excluding carboxylic acids is 1. The molecule has 3 N–H and O–H groups in total. The Morgan fingerprint density at radius 2 is 2.24 bits per heavy atom. The maximum atomic E-state index is 11.2. The number of halogens is 1. The number of nitrogens with one attached hydrogen (secondary N) is 1. The number of amides is 1. The van der Waals surface area contributed by atoms with Crippen molar-refractivity contribution in [1.29, 1.82) is 0 Å². The lowest BCUT2D eigenvalue weighted by molar-refractivity contribution is -0.125. The molecular weight excluding hydrogens is 260 g/mol. The van der Waals surface area contributed by atoms with Crippen molar-refractivity contribution in [2.75, 3.05) is 18.1 Å². The fourth-order valence-corrected chi connectivity index (χ4v) is 1.59. The van der Waals surface area contributed by atoms with Crippen LogP contribution in [0.15, 0.2) is 11.2 Å². The predicted octanol–water partition coefficient (Wildman–Crippen LogP) is 1.78. The summed E-state index contributed by atoms with van der Waals surface area (Å²) in [7, 11) is 0. The van der Waals surface area contributed by atoms with Crippen molar-refractivity contribution in [3.8, 4) is 0 Å². The van der Waals surface area contributed by atoms with Crippen LogP contribution in [0.3, 0.4) is 0 Å². The average molecular weight is 275 g/mol. The number of aromatic nitrogens is 2. The number of anilines is 1. The number of primary amides is 1. The maximum absolute atomic E-state index is 11.2. The summed E-state index contributed by atoms with van der Waals surface area (Å²) in [6, 6.07) is 1.61. The number of nitrogens with two attached hydrogens (primary N) is 1. The Bertz CT molecular complexity index is 425. The van der Waals surface area contributed by atoms with Crippen molar-refractivity contribution >= 4 is 35.1 Å². The van der Waals surface area contributed by atoms with Crippen LogP contribution in [0.4, 0.5) is 5.82 Å². The molecule has 0 unspecified atom stereocenters. The van der Waals surface area contributed by atoms with Gasteiger partial charge in [0.15, 0.2) is 5.16 Å². The second-order valence-corrected chi connectivity index (χ2v) is 5.32. The SMILES string of the molecule is CSc1nc(Cl)cc(NCC(C)(C)C(N)=O)n1. The summed E-state index contributed by atoms with van der Waals surface area (Å²) in [4.78, 5) is 19.4. The van der Waals surface area contributed by atoms with Crippen molar-refractivity contribution in [2.45, 2.75) is 19.0 Å². The van der Waals surface area contributed by atoms with Gasteiger partial charge in [0.05, 0.1) is 5.41 Å². The molecule has 0 saturated heterocycles.